The number of rotatable bonds is 3. The van der Waals surface area contributed by atoms with Gasteiger partial charge in [-0.25, -0.2) is 9.83 Å². The molecular formula is C17H13N5OS. The molecule has 0 unspecified atom stereocenters. The Morgan fingerprint density at radius 2 is 2.17 bits per heavy atom. The third-order valence-corrected chi connectivity index (χ3v) is 4.78. The van der Waals surface area contributed by atoms with Gasteiger partial charge in [-0.1, -0.05) is 17.4 Å². The predicted molar refractivity (Wildman–Crippen MR) is 96.4 cm³/mol. The van der Waals surface area contributed by atoms with E-state index in [4.69, 9.17) is 16.3 Å². The molecule has 0 aliphatic carbocycles. The maximum absolute atomic E-state index is 7.16. The number of methoxy groups -OCH3 is 1. The summed E-state index contributed by atoms with van der Waals surface area (Å²) in [6, 6.07) is 9.37. The van der Waals surface area contributed by atoms with Gasteiger partial charge in [-0.15, -0.1) is 0 Å². The molecule has 0 bridgehead atoms. The van der Waals surface area contributed by atoms with Gasteiger partial charge in [-0.2, -0.15) is 5.10 Å². The molecule has 2 aromatic carbocycles. The van der Waals surface area contributed by atoms with Crippen LogP contribution in [0.2, 0.25) is 0 Å². The summed E-state index contributed by atoms with van der Waals surface area (Å²) in [5, 5.41) is 9.35. The van der Waals surface area contributed by atoms with Gasteiger partial charge in [0.15, 0.2) is 10.8 Å². The smallest absolute Gasteiger partial charge is 0.189 e. The molecule has 0 saturated carbocycles. The van der Waals surface area contributed by atoms with Gasteiger partial charge in [0.25, 0.3) is 0 Å². The number of aryl methyl sites for hydroxylation is 1. The van der Waals surface area contributed by atoms with Crippen molar-refractivity contribution in [2.75, 3.05) is 12.4 Å². The number of fused-ring (bicyclic) bond motifs is 3. The van der Waals surface area contributed by atoms with Crippen molar-refractivity contribution in [3.63, 3.8) is 0 Å². The lowest BCUT2D eigenvalue weighted by molar-refractivity contribution is 0.417. The Hall–Kier alpha value is -3.11. The quantitative estimate of drug-likeness (QED) is 0.561. The molecule has 0 amide bonds. The van der Waals surface area contributed by atoms with Gasteiger partial charge in [0.1, 0.15) is 5.75 Å². The Morgan fingerprint density at radius 3 is 2.96 bits per heavy atom. The third-order valence-electron chi connectivity index (χ3n) is 3.84. The Kier molecular flexibility index (Phi) is 3.32. The van der Waals surface area contributed by atoms with E-state index in [2.05, 4.69) is 21.3 Å². The van der Waals surface area contributed by atoms with E-state index in [1.165, 1.54) is 0 Å². The van der Waals surface area contributed by atoms with Crippen LogP contribution in [0.15, 0.2) is 36.5 Å². The number of benzene rings is 2. The lowest BCUT2D eigenvalue weighted by Crippen LogP contribution is -1.93. The summed E-state index contributed by atoms with van der Waals surface area (Å²) >= 11 is 1.56. The maximum Gasteiger partial charge on any atom is 0.189 e. The highest BCUT2D eigenvalue weighted by molar-refractivity contribution is 7.22. The summed E-state index contributed by atoms with van der Waals surface area (Å²) in [4.78, 5) is 8.16. The molecule has 0 spiro atoms. The van der Waals surface area contributed by atoms with Crippen LogP contribution >= 0.6 is 11.3 Å². The normalized spacial score (nSPS) is 10.9. The highest BCUT2D eigenvalue weighted by Gasteiger charge is 2.12. The third kappa shape index (κ3) is 2.25. The average molecular weight is 335 g/mol. The molecule has 2 heterocycles. The van der Waals surface area contributed by atoms with Crippen molar-refractivity contribution < 1.29 is 4.74 Å². The van der Waals surface area contributed by atoms with Crippen LogP contribution in [-0.2, 0) is 7.05 Å². The van der Waals surface area contributed by atoms with Crippen LogP contribution in [0.25, 0.3) is 26.0 Å². The van der Waals surface area contributed by atoms with Crippen LogP contribution < -0.4 is 10.1 Å². The van der Waals surface area contributed by atoms with Crippen molar-refractivity contribution in [2.45, 2.75) is 0 Å². The largest absolute Gasteiger partial charge is 0.495 e. The van der Waals surface area contributed by atoms with Gasteiger partial charge in [0.05, 0.1) is 41.3 Å². The summed E-state index contributed by atoms with van der Waals surface area (Å²) in [7, 11) is 3.52. The zero-order valence-electron chi connectivity index (χ0n) is 13.1. The molecule has 0 fully saturated rings. The fourth-order valence-electron chi connectivity index (χ4n) is 2.65. The van der Waals surface area contributed by atoms with Gasteiger partial charge < -0.3 is 10.1 Å². The molecule has 6 nitrogen and oxygen atoms in total. The molecule has 4 aromatic rings. The number of anilines is 2. The predicted octanol–water partition coefficient (Wildman–Crippen LogP) is 4.49. The first-order valence-corrected chi connectivity index (χ1v) is 8.05. The van der Waals surface area contributed by atoms with E-state index in [0.29, 0.717) is 11.4 Å². The summed E-state index contributed by atoms with van der Waals surface area (Å²) in [5.74, 6) is 0.674. The summed E-state index contributed by atoms with van der Waals surface area (Å²) < 4.78 is 8.28. The molecule has 1 N–H and O–H groups in total. The first-order chi connectivity index (χ1) is 11.7. The highest BCUT2D eigenvalue weighted by Crippen LogP contribution is 2.36. The van der Waals surface area contributed by atoms with E-state index in [-0.39, 0.29) is 0 Å². The molecule has 7 heteroatoms. The minimum atomic E-state index is 0.550. The Morgan fingerprint density at radius 1 is 1.29 bits per heavy atom. The fourth-order valence-corrected chi connectivity index (χ4v) is 3.55. The van der Waals surface area contributed by atoms with Gasteiger partial charge in [-0.05, 0) is 24.3 Å². The maximum atomic E-state index is 7.16. The van der Waals surface area contributed by atoms with E-state index in [1.807, 2.05) is 24.0 Å². The number of aromatic nitrogens is 3. The summed E-state index contributed by atoms with van der Waals surface area (Å²) in [5.41, 5.74) is 3.25. The van der Waals surface area contributed by atoms with Crippen LogP contribution in [0.3, 0.4) is 0 Å². The molecule has 0 radical (unpaired) electrons. The average Bonchev–Trinajstić information content (AvgIpc) is 3.17. The van der Waals surface area contributed by atoms with E-state index < -0.39 is 0 Å². The van der Waals surface area contributed by atoms with Crippen molar-refractivity contribution in [1.82, 2.24) is 14.8 Å². The molecule has 0 saturated heterocycles. The first-order valence-electron chi connectivity index (χ1n) is 7.23. The minimum absolute atomic E-state index is 0.550. The highest BCUT2D eigenvalue weighted by atomic mass is 32.1. The minimum Gasteiger partial charge on any atom is -0.495 e. The van der Waals surface area contributed by atoms with Crippen molar-refractivity contribution in [3.8, 4) is 5.75 Å². The number of hydrogen-bond donors (Lipinski definition) is 1. The topological polar surface area (TPSA) is 56.3 Å². The number of nitrogens with zero attached hydrogens (tertiary/aromatic N) is 4. The van der Waals surface area contributed by atoms with Gasteiger partial charge in [0, 0.05) is 12.4 Å². The lowest BCUT2D eigenvalue weighted by atomic mass is 10.2. The van der Waals surface area contributed by atoms with Gasteiger partial charge in [0.2, 0.25) is 0 Å². The summed E-state index contributed by atoms with van der Waals surface area (Å²) in [6.07, 6.45) is 1.83. The standard InChI is InChI=1S/C17H13N5OS/c1-18-10-4-6-14(23-3)12(8-10)20-17-21-16-11-9-19-22(2)13(11)5-7-15(16)24-17/h4-9H,2-3H3,(H,20,21). The first kappa shape index (κ1) is 14.5. The molecule has 2 aromatic heterocycles. The zero-order chi connectivity index (χ0) is 16.7. The number of ether oxygens (including phenoxy) is 1. The molecule has 118 valence electrons. The van der Waals surface area contributed by atoms with Gasteiger partial charge in [-0.3, -0.25) is 4.68 Å². The SMILES string of the molecule is [C-]#[N+]c1ccc(OC)c(Nc2nc3c(ccc4c3cnn4C)s2)c1. The molecule has 24 heavy (non-hydrogen) atoms. The van der Waals surface area contributed by atoms with Crippen LogP contribution in [0, 0.1) is 6.57 Å². The fraction of sp³-hybridized carbons (Fsp3) is 0.118. The van der Waals surface area contributed by atoms with E-state index in [1.54, 1.807) is 36.6 Å². The van der Waals surface area contributed by atoms with E-state index in [9.17, 15) is 0 Å². The number of hydrogen-bond acceptors (Lipinski definition) is 5. The second kappa shape index (κ2) is 5.51. The number of thiazole rings is 1. The van der Waals surface area contributed by atoms with Gasteiger partial charge >= 0.3 is 0 Å². The Labute approximate surface area is 142 Å². The number of nitrogens with one attached hydrogen (secondary N) is 1. The van der Waals surface area contributed by atoms with Crippen molar-refractivity contribution >= 4 is 49.0 Å². The molecule has 0 aliphatic heterocycles. The lowest BCUT2D eigenvalue weighted by Gasteiger charge is -2.09. The van der Waals surface area contributed by atoms with Crippen LogP contribution in [0.4, 0.5) is 16.5 Å². The Bertz CT molecular complexity index is 1110. The molecular weight excluding hydrogens is 322 g/mol. The van der Waals surface area contributed by atoms with Crippen LogP contribution in [0.1, 0.15) is 0 Å². The van der Waals surface area contributed by atoms with Crippen molar-refractivity contribution in [2.24, 2.45) is 7.05 Å². The second-order valence-electron chi connectivity index (χ2n) is 5.25. The zero-order valence-corrected chi connectivity index (χ0v) is 13.9. The molecule has 4 rings (SSSR count). The monoisotopic (exact) mass is 335 g/mol. The Balaban J connectivity index is 1.81. The van der Waals surface area contributed by atoms with E-state index >= 15 is 0 Å². The van der Waals surface area contributed by atoms with Crippen LogP contribution in [-0.4, -0.2) is 21.9 Å². The van der Waals surface area contributed by atoms with E-state index in [0.717, 1.165) is 31.9 Å². The molecule has 0 aliphatic rings. The molecule has 0 atom stereocenters. The summed E-state index contributed by atoms with van der Waals surface area (Å²) in [6.45, 7) is 7.16. The van der Waals surface area contributed by atoms with Crippen molar-refractivity contribution in [1.29, 1.82) is 0 Å². The van der Waals surface area contributed by atoms with Crippen molar-refractivity contribution in [3.05, 3.63) is 47.9 Å². The second-order valence-corrected chi connectivity index (χ2v) is 6.28. The van der Waals surface area contributed by atoms with Crippen LogP contribution in [0.5, 0.6) is 5.75 Å².